The summed E-state index contributed by atoms with van der Waals surface area (Å²) in [5.41, 5.74) is 0.444. The highest BCUT2D eigenvalue weighted by atomic mass is 16.6. The minimum absolute atomic E-state index is 0.0487. The average Bonchev–Trinajstić information content (AvgIpc) is 2.70. The van der Waals surface area contributed by atoms with Gasteiger partial charge in [-0.05, 0) is 80.8 Å². The molecule has 1 atom stereocenters. The second-order valence-corrected chi connectivity index (χ2v) is 10.0. The van der Waals surface area contributed by atoms with Gasteiger partial charge in [0.1, 0.15) is 5.69 Å². The van der Waals surface area contributed by atoms with Crippen LogP contribution in [0.5, 0.6) is 0 Å². The summed E-state index contributed by atoms with van der Waals surface area (Å²) < 4.78 is 5.16. The van der Waals surface area contributed by atoms with E-state index in [1.807, 2.05) is 0 Å². The van der Waals surface area contributed by atoms with Crippen LogP contribution in [0.1, 0.15) is 55.8 Å². The number of nitrogens with one attached hydrogen (secondary N) is 1. The van der Waals surface area contributed by atoms with Crippen LogP contribution in [0.4, 0.5) is 11.4 Å². The first kappa shape index (κ1) is 21.6. The number of nitro groups is 1. The van der Waals surface area contributed by atoms with Crippen molar-refractivity contribution in [2.24, 2.45) is 23.2 Å². The molecule has 0 heterocycles. The summed E-state index contributed by atoms with van der Waals surface area (Å²) >= 11 is 0. The van der Waals surface area contributed by atoms with Gasteiger partial charge in [0, 0.05) is 26.2 Å². The monoisotopic (exact) mass is 429 g/mol. The number of nitro benzene ring substituents is 1. The highest BCUT2D eigenvalue weighted by molar-refractivity contribution is 5.93. The van der Waals surface area contributed by atoms with Crippen LogP contribution < -0.4 is 10.2 Å². The molecule has 5 rings (SSSR count). The van der Waals surface area contributed by atoms with Gasteiger partial charge in [-0.25, -0.2) is 4.79 Å². The van der Waals surface area contributed by atoms with Crippen LogP contribution >= 0.6 is 0 Å². The molecular weight excluding hydrogens is 398 g/mol. The predicted octanol–water partition coefficient (Wildman–Crippen LogP) is 3.54. The minimum Gasteiger partial charge on any atom is -0.452 e. The van der Waals surface area contributed by atoms with Crippen LogP contribution in [-0.4, -0.2) is 43.5 Å². The van der Waals surface area contributed by atoms with Gasteiger partial charge in [0.2, 0.25) is 0 Å². The van der Waals surface area contributed by atoms with Crippen molar-refractivity contribution in [3.63, 3.8) is 0 Å². The summed E-state index contributed by atoms with van der Waals surface area (Å²) in [5.74, 6) is 1.32. The van der Waals surface area contributed by atoms with Crippen molar-refractivity contribution in [3.05, 3.63) is 33.9 Å². The Kier molecular flexibility index (Phi) is 5.66. The van der Waals surface area contributed by atoms with E-state index in [-0.39, 0.29) is 28.6 Å². The van der Waals surface area contributed by atoms with Gasteiger partial charge in [0.25, 0.3) is 11.6 Å². The van der Waals surface area contributed by atoms with Crippen molar-refractivity contribution in [1.82, 2.24) is 5.32 Å². The van der Waals surface area contributed by atoms with Gasteiger partial charge >= 0.3 is 5.97 Å². The first-order valence-electron chi connectivity index (χ1n) is 11.1. The first-order valence-corrected chi connectivity index (χ1v) is 11.1. The second kappa shape index (κ2) is 8.13. The molecule has 31 heavy (non-hydrogen) atoms. The lowest BCUT2D eigenvalue weighted by Gasteiger charge is -2.59. The minimum atomic E-state index is -0.744. The quantitative estimate of drug-likeness (QED) is 0.404. The van der Waals surface area contributed by atoms with Crippen LogP contribution in [0.15, 0.2) is 18.2 Å². The molecule has 1 amide bonds. The fourth-order valence-corrected chi connectivity index (χ4v) is 6.53. The molecule has 1 aromatic rings. The highest BCUT2D eigenvalue weighted by Crippen LogP contribution is 2.61. The zero-order chi connectivity index (χ0) is 22.3. The molecule has 8 heteroatoms. The summed E-state index contributed by atoms with van der Waals surface area (Å²) in [6.45, 7) is 1.69. The Morgan fingerprint density at radius 3 is 2.29 bits per heavy atom. The van der Waals surface area contributed by atoms with Gasteiger partial charge in [-0.3, -0.25) is 14.9 Å². The number of benzene rings is 1. The number of carbonyl (C=O) groups is 2. The van der Waals surface area contributed by atoms with Gasteiger partial charge in [-0.15, -0.1) is 0 Å². The predicted molar refractivity (Wildman–Crippen MR) is 116 cm³/mol. The van der Waals surface area contributed by atoms with Crippen LogP contribution in [0.2, 0.25) is 0 Å². The van der Waals surface area contributed by atoms with Crippen LogP contribution in [0, 0.1) is 33.3 Å². The molecule has 4 fully saturated rings. The zero-order valence-electron chi connectivity index (χ0n) is 18.4. The van der Waals surface area contributed by atoms with E-state index in [9.17, 15) is 19.7 Å². The third kappa shape index (κ3) is 4.25. The highest BCUT2D eigenvalue weighted by Gasteiger charge is 2.53. The van der Waals surface area contributed by atoms with E-state index in [1.54, 1.807) is 19.0 Å². The Bertz CT molecular complexity index is 862. The van der Waals surface area contributed by atoms with Crippen LogP contribution in [0.3, 0.4) is 0 Å². The summed E-state index contributed by atoms with van der Waals surface area (Å²) in [7, 11) is 3.38. The largest absolute Gasteiger partial charge is 0.452 e. The molecule has 4 bridgehead atoms. The Morgan fingerprint density at radius 2 is 1.77 bits per heavy atom. The summed E-state index contributed by atoms with van der Waals surface area (Å²) in [6, 6.07) is 4.21. The fraction of sp³-hybridized carbons (Fsp3) is 0.652. The van der Waals surface area contributed by atoms with E-state index in [0.717, 1.165) is 17.8 Å². The molecule has 4 aliphatic rings. The Hall–Kier alpha value is -2.64. The molecule has 1 aromatic carbocycles. The standard InChI is InChI=1S/C23H31N3O5/c1-14(23-10-15-6-16(11-23)8-17(7-15)12-23)24-21(27)13-31-22(28)18-4-5-19(25(2)3)20(9-18)26(29)30/h4-5,9,14-17H,6-8,10-13H2,1-3H3,(H,24,27)/t14-,15?,16?,17?,23?/m0/s1. The molecule has 4 aliphatic carbocycles. The van der Waals surface area contributed by atoms with Gasteiger partial charge in [0.05, 0.1) is 10.5 Å². The number of carbonyl (C=O) groups excluding carboxylic acids is 2. The maximum Gasteiger partial charge on any atom is 0.338 e. The lowest BCUT2D eigenvalue weighted by Crippen LogP contribution is -2.56. The summed E-state index contributed by atoms with van der Waals surface area (Å²) in [4.78, 5) is 37.3. The Morgan fingerprint density at radius 1 is 1.19 bits per heavy atom. The van der Waals surface area contributed by atoms with Crippen LogP contribution in [-0.2, 0) is 9.53 Å². The third-order valence-electron chi connectivity index (χ3n) is 7.61. The average molecular weight is 430 g/mol. The lowest BCUT2D eigenvalue weighted by molar-refractivity contribution is -0.384. The van der Waals surface area contributed by atoms with Crippen molar-refractivity contribution in [1.29, 1.82) is 0 Å². The molecule has 0 saturated heterocycles. The molecule has 168 valence electrons. The SMILES string of the molecule is C[C@H](NC(=O)COC(=O)c1ccc(N(C)C)c([N+](=O)[O-])c1)C12CC3CC(CC(C3)C1)C2. The molecule has 0 unspecified atom stereocenters. The smallest absolute Gasteiger partial charge is 0.338 e. The van der Waals surface area contributed by atoms with E-state index in [0.29, 0.717) is 5.69 Å². The van der Waals surface area contributed by atoms with Gasteiger partial charge in [-0.1, -0.05) is 0 Å². The van der Waals surface area contributed by atoms with E-state index in [2.05, 4.69) is 12.2 Å². The van der Waals surface area contributed by atoms with Gasteiger partial charge in [0.15, 0.2) is 6.61 Å². The molecule has 1 N–H and O–H groups in total. The number of anilines is 1. The Balaban J connectivity index is 1.34. The van der Waals surface area contributed by atoms with E-state index in [1.165, 1.54) is 56.7 Å². The zero-order valence-corrected chi connectivity index (χ0v) is 18.4. The number of ether oxygens (including phenoxy) is 1. The van der Waals surface area contributed by atoms with Crippen molar-refractivity contribution < 1.29 is 19.2 Å². The van der Waals surface area contributed by atoms with E-state index >= 15 is 0 Å². The van der Waals surface area contributed by atoms with E-state index < -0.39 is 17.5 Å². The number of esters is 1. The second-order valence-electron chi connectivity index (χ2n) is 10.0. The summed E-state index contributed by atoms with van der Waals surface area (Å²) in [5, 5.41) is 14.4. The topological polar surface area (TPSA) is 102 Å². The molecule has 0 spiro atoms. The normalized spacial score (nSPS) is 29.3. The first-order chi connectivity index (χ1) is 14.7. The third-order valence-corrected chi connectivity index (χ3v) is 7.61. The number of rotatable bonds is 7. The van der Waals surface area contributed by atoms with Crippen molar-refractivity contribution in [3.8, 4) is 0 Å². The fourth-order valence-electron chi connectivity index (χ4n) is 6.53. The molecule has 8 nitrogen and oxygen atoms in total. The van der Waals surface area contributed by atoms with Gasteiger partial charge < -0.3 is 15.0 Å². The van der Waals surface area contributed by atoms with Crippen molar-refractivity contribution in [2.75, 3.05) is 25.6 Å². The molecule has 4 saturated carbocycles. The maximum atomic E-state index is 12.5. The number of amides is 1. The molecular formula is C23H31N3O5. The van der Waals surface area contributed by atoms with Gasteiger partial charge in [-0.2, -0.15) is 0 Å². The number of hydrogen-bond donors (Lipinski definition) is 1. The maximum absolute atomic E-state index is 12.5. The number of hydrogen-bond acceptors (Lipinski definition) is 6. The van der Waals surface area contributed by atoms with Crippen molar-refractivity contribution >= 4 is 23.3 Å². The molecule has 0 radical (unpaired) electrons. The molecule has 0 aromatic heterocycles. The van der Waals surface area contributed by atoms with Crippen LogP contribution in [0.25, 0.3) is 0 Å². The molecule has 0 aliphatic heterocycles. The van der Waals surface area contributed by atoms with Crippen molar-refractivity contribution in [2.45, 2.75) is 51.5 Å². The Labute approximate surface area is 182 Å². The van der Waals surface area contributed by atoms with E-state index in [4.69, 9.17) is 4.74 Å². The lowest BCUT2D eigenvalue weighted by atomic mass is 9.48. The summed E-state index contributed by atoms with van der Waals surface area (Å²) in [6.07, 6.45) is 7.58. The number of nitrogens with zero attached hydrogens (tertiary/aromatic N) is 2.